The second-order valence-electron chi connectivity index (χ2n) is 11.5. The molecule has 2 aromatic heterocycles. The quantitative estimate of drug-likeness (QED) is 0.0977. The van der Waals surface area contributed by atoms with E-state index in [1.807, 2.05) is 6.92 Å². The van der Waals surface area contributed by atoms with E-state index in [1.54, 1.807) is 23.2 Å². The van der Waals surface area contributed by atoms with Crippen LogP contribution in [-0.2, 0) is 32.0 Å². The highest BCUT2D eigenvalue weighted by Crippen LogP contribution is 2.36. The number of esters is 1. The van der Waals surface area contributed by atoms with Crippen molar-refractivity contribution in [2.75, 3.05) is 42.9 Å². The number of halogens is 3. The Morgan fingerprint density at radius 1 is 1.25 bits per heavy atom. The number of carbonyl (C=O) groups is 2. The molecule has 1 aliphatic rings. The zero-order valence-corrected chi connectivity index (χ0v) is 33.0. The number of thioether (sulfide) groups is 1. The largest absolute Gasteiger partial charge is 0.480 e. The molecule has 6 N–H and O–H groups in total. The summed E-state index contributed by atoms with van der Waals surface area (Å²) in [6.45, 7) is 8.55. The first-order valence-corrected chi connectivity index (χ1v) is 20.3. The van der Waals surface area contributed by atoms with Crippen molar-refractivity contribution in [1.29, 1.82) is 5.26 Å². The fourth-order valence-corrected chi connectivity index (χ4v) is 6.79. The number of aromatic nitrogens is 5. The maximum atomic E-state index is 14.3. The molecule has 0 fully saturated rings. The molecule has 0 bridgehead atoms. The van der Waals surface area contributed by atoms with Gasteiger partial charge in [0.15, 0.2) is 7.37 Å². The molecule has 2 unspecified atom stereocenters. The van der Waals surface area contributed by atoms with Crippen LogP contribution in [0.3, 0.4) is 0 Å². The summed E-state index contributed by atoms with van der Waals surface area (Å²) < 4.78 is 32.9. The normalized spacial score (nSPS) is 14.2. The Kier molecular flexibility index (Phi) is 17.7. The van der Waals surface area contributed by atoms with Crippen LogP contribution in [0.1, 0.15) is 40.0 Å². The fraction of sp³-hybridized carbons (Fsp3) is 0.517. The van der Waals surface area contributed by atoms with Gasteiger partial charge < -0.3 is 31.1 Å². The third-order valence-corrected chi connectivity index (χ3v) is 10.1. The van der Waals surface area contributed by atoms with Crippen LogP contribution in [0.4, 0.5) is 22.0 Å². The van der Waals surface area contributed by atoms with E-state index in [4.69, 9.17) is 44.2 Å². The molecule has 1 aromatic carbocycles. The number of ether oxygens (including phenoxy) is 1. The lowest BCUT2D eigenvalue weighted by atomic mass is 10.1. The van der Waals surface area contributed by atoms with Crippen LogP contribution in [0.15, 0.2) is 26.8 Å². The summed E-state index contributed by atoms with van der Waals surface area (Å²) in [7, 11) is -1.81. The van der Waals surface area contributed by atoms with Gasteiger partial charge in [-0.2, -0.15) is 20.2 Å². The van der Waals surface area contributed by atoms with Gasteiger partial charge in [-0.3, -0.25) is 23.6 Å². The van der Waals surface area contributed by atoms with Crippen LogP contribution < -0.4 is 26.0 Å². The van der Waals surface area contributed by atoms with Crippen molar-refractivity contribution in [2.24, 2.45) is 10.7 Å². The molecule has 0 saturated heterocycles. The smallest absolute Gasteiger partial charge is 0.325 e. The van der Waals surface area contributed by atoms with E-state index in [0.29, 0.717) is 35.3 Å². The summed E-state index contributed by atoms with van der Waals surface area (Å²) in [6.07, 6.45) is 1.90. The average Bonchev–Trinajstić information content (AvgIpc) is 3.38. The molecule has 286 valence electrons. The van der Waals surface area contributed by atoms with E-state index in [-0.39, 0.29) is 45.2 Å². The zero-order chi connectivity index (χ0) is 39.2. The Hall–Kier alpha value is -3.57. The molecule has 0 saturated carbocycles. The molecule has 0 aliphatic carbocycles. The molecule has 4 rings (SSSR count). The number of carboxylic acid groups (broad SMARTS) is 1. The van der Waals surface area contributed by atoms with E-state index in [2.05, 4.69) is 41.4 Å². The lowest BCUT2D eigenvalue weighted by Crippen LogP contribution is -2.31. The number of nitrogens with one attached hydrogen (secondary N) is 2. The third kappa shape index (κ3) is 15.2. The van der Waals surface area contributed by atoms with E-state index in [9.17, 15) is 23.3 Å². The zero-order valence-electron chi connectivity index (χ0n) is 28.9. The van der Waals surface area contributed by atoms with Gasteiger partial charge in [0.05, 0.1) is 24.0 Å². The predicted molar refractivity (Wildman–Crippen MR) is 198 cm³/mol. The predicted octanol–water partition coefficient (Wildman–Crippen LogP) is 4.15. The summed E-state index contributed by atoms with van der Waals surface area (Å²) in [5, 5.41) is 23.2. The van der Waals surface area contributed by atoms with Crippen LogP contribution in [-0.4, -0.2) is 90.1 Å². The molecule has 0 radical (unpaired) electrons. The first kappa shape index (κ1) is 44.6. The van der Waals surface area contributed by atoms with Crippen molar-refractivity contribution in [3.63, 3.8) is 0 Å². The molecule has 3 aromatic rings. The summed E-state index contributed by atoms with van der Waals surface area (Å²) >= 11 is 13.9. The summed E-state index contributed by atoms with van der Waals surface area (Å²) in [4.78, 5) is 59.2. The molecule has 0 amide bonds. The van der Waals surface area contributed by atoms with Crippen molar-refractivity contribution < 1.29 is 33.3 Å². The molecule has 0 spiro atoms. The van der Waals surface area contributed by atoms with Crippen molar-refractivity contribution in [2.45, 2.75) is 69.6 Å². The second kappa shape index (κ2) is 20.6. The number of nitrogens with zero attached hydrogens (tertiary/aromatic N) is 7. The fourth-order valence-electron chi connectivity index (χ4n) is 3.88. The number of benzene rings is 1. The Morgan fingerprint density at radius 3 is 2.46 bits per heavy atom. The minimum absolute atomic E-state index is 0.0412. The van der Waals surface area contributed by atoms with Crippen molar-refractivity contribution in [3.8, 4) is 6.07 Å². The summed E-state index contributed by atoms with van der Waals surface area (Å²) in [5.41, 5.74) is 4.42. The molecule has 3 heterocycles. The Bertz CT molecular complexity index is 1930. The van der Waals surface area contributed by atoms with Gasteiger partial charge in [0.25, 0.3) is 0 Å². The number of anilines is 2. The van der Waals surface area contributed by atoms with Gasteiger partial charge in [-0.05, 0) is 75.1 Å². The van der Waals surface area contributed by atoms with Crippen LogP contribution in [0.2, 0.25) is 10.3 Å². The van der Waals surface area contributed by atoms with E-state index in [0.717, 1.165) is 42.0 Å². The van der Waals surface area contributed by atoms with Crippen LogP contribution >= 0.6 is 53.7 Å². The first-order chi connectivity index (χ1) is 24.3. The van der Waals surface area contributed by atoms with Gasteiger partial charge in [-0.25, -0.2) is 14.1 Å². The number of hydrogen-bond donors (Lipinski definition) is 5. The molecule has 17 nitrogen and oxygen atoms in total. The number of nitriles is 1. The monoisotopic (exact) mass is 824 g/mol. The number of hydrogen-bond acceptors (Lipinski definition) is 15. The number of carbonyl (C=O) groups excluding carboxylic acids is 1. The SMILES string of the molecule is CCNc1nc(Cl)nc(NC(C)(C)C#N)n1.COC(=O)CSc1cc(N=c2sc(=O)n3n2CCCC3)c(F)cc1Cl.CP(=O)(O)CCC(N)C(=O)O. The van der Waals surface area contributed by atoms with Gasteiger partial charge in [0, 0.05) is 37.4 Å². The first-order valence-electron chi connectivity index (χ1n) is 15.5. The summed E-state index contributed by atoms with van der Waals surface area (Å²) in [6, 6.07) is 3.70. The van der Waals surface area contributed by atoms with Crippen LogP contribution in [0.5, 0.6) is 0 Å². The van der Waals surface area contributed by atoms with E-state index >= 15 is 0 Å². The Balaban J connectivity index is 0.000000298. The minimum Gasteiger partial charge on any atom is -0.480 e. The minimum atomic E-state index is -3.10. The van der Waals surface area contributed by atoms with Crippen LogP contribution in [0, 0.1) is 17.1 Å². The Morgan fingerprint density at radius 2 is 1.88 bits per heavy atom. The maximum Gasteiger partial charge on any atom is 0.325 e. The highest BCUT2D eigenvalue weighted by molar-refractivity contribution is 8.00. The van der Waals surface area contributed by atoms with Crippen molar-refractivity contribution in [1.82, 2.24) is 24.3 Å². The number of nitrogens with two attached hydrogens (primary N) is 1. The van der Waals surface area contributed by atoms with Crippen molar-refractivity contribution >= 4 is 83.2 Å². The molecular formula is C29H40Cl2FN10O7PS2. The topological polar surface area (TPSA) is 253 Å². The molecular weight excluding hydrogens is 785 g/mol. The molecule has 52 heavy (non-hydrogen) atoms. The van der Waals surface area contributed by atoms with Gasteiger partial charge in [0.2, 0.25) is 22.0 Å². The van der Waals surface area contributed by atoms with Gasteiger partial charge >= 0.3 is 16.8 Å². The number of fused-ring (bicyclic) bond motifs is 1. The molecule has 1 aliphatic heterocycles. The van der Waals surface area contributed by atoms with Gasteiger partial charge in [-0.15, -0.1) is 11.8 Å². The second-order valence-corrected chi connectivity index (χ2v) is 16.7. The highest BCUT2D eigenvalue weighted by Gasteiger charge is 2.19. The number of rotatable bonds is 12. The van der Waals surface area contributed by atoms with Gasteiger partial charge in [0.1, 0.15) is 23.1 Å². The number of aliphatic carboxylic acids is 1. The third-order valence-electron chi connectivity index (χ3n) is 6.50. The van der Waals surface area contributed by atoms with E-state index < -0.39 is 36.7 Å². The van der Waals surface area contributed by atoms with Crippen molar-refractivity contribution in [3.05, 3.63) is 42.7 Å². The maximum absolute atomic E-state index is 14.3. The average molecular weight is 826 g/mol. The lowest BCUT2D eigenvalue weighted by molar-refractivity contribution is -0.139. The molecule has 23 heteroatoms. The highest BCUT2D eigenvalue weighted by atomic mass is 35.5. The van der Waals surface area contributed by atoms with E-state index in [1.165, 1.54) is 19.8 Å². The number of methoxy groups -OCH3 is 1. The van der Waals surface area contributed by atoms with Crippen LogP contribution in [0.25, 0.3) is 0 Å². The Labute approximate surface area is 316 Å². The standard InChI is InChI=1S/C15H15ClFN3O3S2.C9H13ClN6.C5H12NO4P/c1-23-13(21)8-24-12-7-11(10(17)6-9(12)16)18-14-19-4-2-3-5-20(19)15(22)25-14;1-4-12-7-13-6(10)14-8(15-7)16-9(2,3)5-11;1-11(9,10)3-2-4(6)5(7)8/h6-7H,2-5,8H2,1H3;4H2,1-3H3,(H2,12,13,14,15,16);4H,2-3,6H2,1H3,(H,7,8)(H,9,10). The van der Waals surface area contributed by atoms with Gasteiger partial charge in [-0.1, -0.05) is 11.6 Å². The molecule has 2 atom stereocenters. The number of carboxylic acids is 1. The lowest BCUT2D eigenvalue weighted by Gasteiger charge is -2.17. The summed E-state index contributed by atoms with van der Waals surface area (Å²) in [5.74, 6) is -1.40.